The molecule has 1 fully saturated rings. The molecule has 2 heterocycles. The number of hydrogen-bond acceptors (Lipinski definition) is 3. The van der Waals surface area contributed by atoms with Crippen LogP contribution in [0, 0.1) is 0 Å². The van der Waals surface area contributed by atoms with E-state index < -0.39 is 0 Å². The maximum absolute atomic E-state index is 12.4. The molecule has 1 aliphatic rings. The van der Waals surface area contributed by atoms with Gasteiger partial charge >= 0.3 is 0 Å². The van der Waals surface area contributed by atoms with Crippen LogP contribution in [0.5, 0.6) is 0 Å². The van der Waals surface area contributed by atoms with Gasteiger partial charge in [-0.2, -0.15) is 0 Å². The fourth-order valence-corrected chi connectivity index (χ4v) is 2.85. The van der Waals surface area contributed by atoms with E-state index in [1.165, 1.54) is 0 Å². The van der Waals surface area contributed by atoms with E-state index in [2.05, 4.69) is 5.32 Å². The molecule has 0 saturated carbocycles. The minimum absolute atomic E-state index is 0. The molecule has 3 nitrogen and oxygen atoms in total. The van der Waals surface area contributed by atoms with E-state index in [-0.39, 0.29) is 23.7 Å². The lowest BCUT2D eigenvalue weighted by Gasteiger charge is -2.34. The summed E-state index contributed by atoms with van der Waals surface area (Å²) in [6.07, 6.45) is 0. The molecule has 17 heavy (non-hydrogen) atoms. The van der Waals surface area contributed by atoms with Crippen LogP contribution in [-0.4, -0.2) is 37.0 Å². The number of amides is 1. The molecule has 1 aliphatic heterocycles. The molecule has 0 unspecified atom stereocenters. The Balaban J connectivity index is 0.00000144. The predicted molar refractivity (Wildman–Crippen MR) is 74.0 cm³/mol. The molecule has 1 N–H and O–H groups in total. The second kappa shape index (κ2) is 5.85. The first-order chi connectivity index (χ1) is 7.62. The van der Waals surface area contributed by atoms with Crippen molar-refractivity contribution in [3.63, 3.8) is 0 Å². The van der Waals surface area contributed by atoms with Crippen LogP contribution in [0.2, 0.25) is 0 Å². The quantitative estimate of drug-likeness (QED) is 0.893. The summed E-state index contributed by atoms with van der Waals surface area (Å²) in [7, 11) is 0. The van der Waals surface area contributed by atoms with Crippen LogP contribution in [0.4, 0.5) is 0 Å². The van der Waals surface area contributed by atoms with Crippen molar-refractivity contribution < 1.29 is 4.79 Å². The van der Waals surface area contributed by atoms with Crippen molar-refractivity contribution in [2.75, 3.05) is 26.2 Å². The molecule has 0 atom stereocenters. The number of carbonyl (C=O) groups is 1. The van der Waals surface area contributed by atoms with E-state index in [1.54, 1.807) is 11.3 Å². The molecule has 96 valence electrons. The minimum Gasteiger partial charge on any atom is -0.339 e. The molecule has 0 bridgehead atoms. The summed E-state index contributed by atoms with van der Waals surface area (Å²) in [5, 5.41) is 5.29. The second-order valence-electron chi connectivity index (χ2n) is 4.64. The molecule has 1 aromatic rings. The number of nitrogens with zero attached hydrogens (tertiary/aromatic N) is 1. The van der Waals surface area contributed by atoms with E-state index in [4.69, 9.17) is 0 Å². The smallest absolute Gasteiger partial charge is 0.233 e. The maximum atomic E-state index is 12.4. The summed E-state index contributed by atoms with van der Waals surface area (Å²) in [6, 6.07) is 4.05. The maximum Gasteiger partial charge on any atom is 0.233 e. The number of thiophene rings is 1. The Morgan fingerprint density at radius 2 is 2.06 bits per heavy atom. The zero-order valence-electron chi connectivity index (χ0n) is 10.2. The zero-order valence-corrected chi connectivity index (χ0v) is 11.9. The van der Waals surface area contributed by atoms with Crippen LogP contribution in [0.3, 0.4) is 0 Å². The van der Waals surface area contributed by atoms with E-state index in [1.807, 2.05) is 36.3 Å². The monoisotopic (exact) mass is 274 g/mol. The van der Waals surface area contributed by atoms with Crippen molar-refractivity contribution in [3.05, 3.63) is 22.4 Å². The Morgan fingerprint density at radius 3 is 2.59 bits per heavy atom. The molecule has 0 aromatic carbocycles. The summed E-state index contributed by atoms with van der Waals surface area (Å²) in [6.45, 7) is 7.51. The third-order valence-corrected chi connectivity index (χ3v) is 4.27. The fraction of sp³-hybridized carbons (Fsp3) is 0.583. The summed E-state index contributed by atoms with van der Waals surface area (Å²) in [4.78, 5) is 15.5. The Morgan fingerprint density at radius 1 is 1.41 bits per heavy atom. The largest absolute Gasteiger partial charge is 0.339 e. The van der Waals surface area contributed by atoms with Gasteiger partial charge in [0.05, 0.1) is 5.41 Å². The van der Waals surface area contributed by atoms with Crippen LogP contribution in [0.1, 0.15) is 18.7 Å². The highest BCUT2D eigenvalue weighted by molar-refractivity contribution is 7.10. The molecule has 0 aliphatic carbocycles. The summed E-state index contributed by atoms with van der Waals surface area (Å²) in [5.41, 5.74) is -0.383. The van der Waals surface area contributed by atoms with Crippen LogP contribution in [0.15, 0.2) is 17.5 Å². The Labute approximate surface area is 113 Å². The van der Waals surface area contributed by atoms with Gasteiger partial charge in [-0.1, -0.05) is 6.07 Å². The van der Waals surface area contributed by atoms with Crippen LogP contribution < -0.4 is 5.32 Å². The number of nitrogens with one attached hydrogen (secondary N) is 1. The summed E-state index contributed by atoms with van der Waals surface area (Å²) in [5.74, 6) is 0.247. The average Bonchev–Trinajstić information content (AvgIpc) is 2.83. The van der Waals surface area contributed by atoms with Crippen molar-refractivity contribution >= 4 is 29.7 Å². The third kappa shape index (κ3) is 3.00. The van der Waals surface area contributed by atoms with Crippen LogP contribution in [0.25, 0.3) is 0 Å². The molecular formula is C12H19ClN2OS. The first kappa shape index (κ1) is 14.5. The van der Waals surface area contributed by atoms with Gasteiger partial charge in [-0.15, -0.1) is 23.7 Å². The van der Waals surface area contributed by atoms with Crippen molar-refractivity contribution in [3.8, 4) is 0 Å². The highest BCUT2D eigenvalue weighted by Gasteiger charge is 2.34. The van der Waals surface area contributed by atoms with Gasteiger partial charge in [-0.25, -0.2) is 0 Å². The first-order valence-electron chi connectivity index (χ1n) is 5.66. The van der Waals surface area contributed by atoms with Gasteiger partial charge in [0.2, 0.25) is 5.91 Å². The van der Waals surface area contributed by atoms with Crippen molar-refractivity contribution in [2.24, 2.45) is 0 Å². The zero-order chi connectivity index (χ0) is 11.6. The summed E-state index contributed by atoms with van der Waals surface area (Å²) >= 11 is 1.66. The number of piperazine rings is 1. The van der Waals surface area contributed by atoms with Gasteiger partial charge < -0.3 is 10.2 Å². The molecule has 1 saturated heterocycles. The minimum atomic E-state index is -0.383. The standard InChI is InChI=1S/C12H18N2OS.ClH/c1-12(2,10-4-3-9-16-10)11(15)14-7-5-13-6-8-14;/h3-4,9,13H,5-8H2,1-2H3;1H. The number of rotatable bonds is 2. The van der Waals surface area contributed by atoms with Gasteiger partial charge in [0.25, 0.3) is 0 Å². The second-order valence-corrected chi connectivity index (χ2v) is 5.59. The molecular weight excluding hydrogens is 256 g/mol. The van der Waals surface area contributed by atoms with Crippen molar-refractivity contribution in [2.45, 2.75) is 19.3 Å². The van der Waals surface area contributed by atoms with Crippen LogP contribution in [-0.2, 0) is 10.2 Å². The van der Waals surface area contributed by atoms with Crippen molar-refractivity contribution in [1.82, 2.24) is 10.2 Å². The predicted octanol–water partition coefficient (Wildman–Crippen LogP) is 1.88. The molecule has 1 amide bonds. The number of carbonyl (C=O) groups excluding carboxylic acids is 1. The van der Waals surface area contributed by atoms with E-state index in [0.717, 1.165) is 31.1 Å². The van der Waals surface area contributed by atoms with Gasteiger partial charge in [0.1, 0.15) is 0 Å². The summed E-state index contributed by atoms with van der Waals surface area (Å²) < 4.78 is 0. The third-order valence-electron chi connectivity index (χ3n) is 3.08. The Hall–Kier alpha value is -0.580. The van der Waals surface area contributed by atoms with Gasteiger partial charge in [0.15, 0.2) is 0 Å². The lowest BCUT2D eigenvalue weighted by atomic mass is 9.89. The van der Waals surface area contributed by atoms with Gasteiger partial charge in [0, 0.05) is 31.1 Å². The highest BCUT2D eigenvalue weighted by atomic mass is 35.5. The molecule has 2 rings (SSSR count). The van der Waals surface area contributed by atoms with E-state index in [9.17, 15) is 4.79 Å². The average molecular weight is 275 g/mol. The van der Waals surface area contributed by atoms with E-state index >= 15 is 0 Å². The Kier molecular flexibility index (Phi) is 4.98. The normalized spacial score (nSPS) is 16.5. The Bertz CT molecular complexity index is 359. The van der Waals surface area contributed by atoms with Crippen LogP contribution >= 0.6 is 23.7 Å². The van der Waals surface area contributed by atoms with Gasteiger partial charge in [-0.3, -0.25) is 4.79 Å². The van der Waals surface area contributed by atoms with E-state index in [0.29, 0.717) is 0 Å². The lowest BCUT2D eigenvalue weighted by molar-refractivity contribution is -0.136. The molecule has 0 spiro atoms. The molecule has 5 heteroatoms. The number of halogens is 1. The molecule has 0 radical (unpaired) electrons. The highest BCUT2D eigenvalue weighted by Crippen LogP contribution is 2.29. The SMILES string of the molecule is CC(C)(C(=O)N1CCNCC1)c1cccs1.Cl. The topological polar surface area (TPSA) is 32.3 Å². The van der Waals surface area contributed by atoms with Crippen molar-refractivity contribution in [1.29, 1.82) is 0 Å². The lowest BCUT2D eigenvalue weighted by Crippen LogP contribution is -2.51. The number of hydrogen-bond donors (Lipinski definition) is 1. The fourth-order valence-electron chi connectivity index (χ4n) is 2.00. The first-order valence-corrected chi connectivity index (χ1v) is 6.54. The van der Waals surface area contributed by atoms with Gasteiger partial charge in [-0.05, 0) is 25.3 Å². The molecule has 1 aromatic heterocycles.